The van der Waals surface area contributed by atoms with E-state index in [-0.39, 0.29) is 11.9 Å². The van der Waals surface area contributed by atoms with Crippen molar-refractivity contribution in [2.45, 2.75) is 38.6 Å². The third-order valence-corrected chi connectivity index (χ3v) is 5.36. The highest BCUT2D eigenvalue weighted by molar-refractivity contribution is 5.94. The Kier molecular flexibility index (Phi) is 6.27. The van der Waals surface area contributed by atoms with Gasteiger partial charge < -0.3 is 14.2 Å². The molecule has 1 aromatic heterocycles. The van der Waals surface area contributed by atoms with Crippen LogP contribution in [0.3, 0.4) is 0 Å². The number of rotatable bonds is 6. The Balaban J connectivity index is 1.43. The number of piperidine rings is 1. The largest absolute Gasteiger partial charge is 0.493 e. The van der Waals surface area contributed by atoms with Crippen molar-refractivity contribution in [3.63, 3.8) is 0 Å². The Morgan fingerprint density at radius 1 is 1.26 bits per heavy atom. The third-order valence-electron chi connectivity index (χ3n) is 5.36. The minimum atomic E-state index is -0.258. The summed E-state index contributed by atoms with van der Waals surface area (Å²) < 4.78 is 11.3. The van der Waals surface area contributed by atoms with E-state index in [0.717, 1.165) is 30.6 Å². The Hall–Kier alpha value is -3.66. The van der Waals surface area contributed by atoms with E-state index in [9.17, 15) is 4.79 Å². The molecule has 1 amide bonds. The van der Waals surface area contributed by atoms with Crippen LogP contribution in [0.5, 0.6) is 5.75 Å². The van der Waals surface area contributed by atoms with Gasteiger partial charge in [0, 0.05) is 18.5 Å². The van der Waals surface area contributed by atoms with Gasteiger partial charge in [-0.1, -0.05) is 23.4 Å². The van der Waals surface area contributed by atoms with Gasteiger partial charge in [0.1, 0.15) is 11.8 Å². The van der Waals surface area contributed by atoms with E-state index >= 15 is 0 Å². The fourth-order valence-electron chi connectivity index (χ4n) is 3.79. The zero-order valence-electron chi connectivity index (χ0n) is 17.5. The molecule has 1 unspecified atom stereocenters. The number of aryl methyl sites for hydroxylation is 1. The van der Waals surface area contributed by atoms with Gasteiger partial charge in [-0.05, 0) is 62.1 Å². The minimum absolute atomic E-state index is 0.121. The molecule has 7 nitrogen and oxygen atoms in total. The first-order chi connectivity index (χ1) is 15.1. The highest BCUT2D eigenvalue weighted by Gasteiger charge is 2.32. The Bertz CT molecular complexity index is 1100. The SMILES string of the molecule is Cc1cccc(OCCc2noc(C3CCCCN3C(=O)c3cccc(C#N)c3)n2)c1. The fraction of sp³-hybridized carbons (Fsp3) is 0.333. The van der Waals surface area contributed by atoms with Crippen molar-refractivity contribution in [1.29, 1.82) is 5.26 Å². The summed E-state index contributed by atoms with van der Waals surface area (Å²) in [5.74, 6) is 1.71. The highest BCUT2D eigenvalue weighted by atomic mass is 16.5. The molecular weight excluding hydrogens is 392 g/mol. The maximum atomic E-state index is 13.1. The molecule has 7 heteroatoms. The average molecular weight is 416 g/mol. The molecule has 2 heterocycles. The number of aromatic nitrogens is 2. The molecule has 3 aromatic rings. The Morgan fingerprint density at radius 2 is 2.13 bits per heavy atom. The number of carbonyl (C=O) groups is 1. The molecule has 1 atom stereocenters. The molecule has 1 aliphatic rings. The number of nitriles is 1. The number of nitrogens with zero attached hydrogens (tertiary/aromatic N) is 4. The van der Waals surface area contributed by atoms with Gasteiger partial charge in [0.25, 0.3) is 5.91 Å². The normalized spacial score (nSPS) is 16.0. The second kappa shape index (κ2) is 9.43. The Labute approximate surface area is 181 Å². The van der Waals surface area contributed by atoms with Crippen molar-refractivity contribution in [3.8, 4) is 11.8 Å². The number of carbonyl (C=O) groups excluding carboxylic acids is 1. The predicted molar refractivity (Wildman–Crippen MR) is 113 cm³/mol. The van der Waals surface area contributed by atoms with Crippen molar-refractivity contribution >= 4 is 5.91 Å². The van der Waals surface area contributed by atoms with Crippen LogP contribution < -0.4 is 4.74 Å². The van der Waals surface area contributed by atoms with Crippen molar-refractivity contribution in [1.82, 2.24) is 15.0 Å². The summed E-state index contributed by atoms with van der Waals surface area (Å²) >= 11 is 0. The van der Waals surface area contributed by atoms with E-state index in [1.54, 1.807) is 29.2 Å². The van der Waals surface area contributed by atoms with Crippen LogP contribution in [0.4, 0.5) is 0 Å². The van der Waals surface area contributed by atoms with Crippen molar-refractivity contribution < 1.29 is 14.1 Å². The molecule has 1 fully saturated rings. The second-order valence-electron chi connectivity index (χ2n) is 7.67. The zero-order chi connectivity index (χ0) is 21.6. The lowest BCUT2D eigenvalue weighted by molar-refractivity contribution is 0.0561. The molecule has 1 aliphatic heterocycles. The second-order valence-corrected chi connectivity index (χ2v) is 7.67. The van der Waals surface area contributed by atoms with Crippen LogP contribution in [0.1, 0.15) is 58.5 Å². The molecule has 0 saturated carbocycles. The van der Waals surface area contributed by atoms with Gasteiger partial charge in [-0.3, -0.25) is 4.79 Å². The van der Waals surface area contributed by atoms with Crippen molar-refractivity contribution in [3.05, 3.63) is 76.9 Å². The van der Waals surface area contributed by atoms with Crippen molar-refractivity contribution in [2.75, 3.05) is 13.2 Å². The number of likely N-dealkylation sites (tertiary alicyclic amines) is 1. The summed E-state index contributed by atoms with van der Waals surface area (Å²) in [4.78, 5) is 19.4. The topological polar surface area (TPSA) is 92.3 Å². The molecule has 1 saturated heterocycles. The summed E-state index contributed by atoms with van der Waals surface area (Å²) in [6.07, 6.45) is 3.19. The summed E-state index contributed by atoms with van der Waals surface area (Å²) in [6, 6.07) is 16.5. The van der Waals surface area contributed by atoms with E-state index in [0.29, 0.717) is 42.4 Å². The molecule has 0 aliphatic carbocycles. The number of amides is 1. The number of benzene rings is 2. The molecule has 4 rings (SSSR count). The molecule has 2 aromatic carbocycles. The van der Waals surface area contributed by atoms with Gasteiger partial charge in [0.15, 0.2) is 5.82 Å². The molecular formula is C24H24N4O3. The zero-order valence-corrected chi connectivity index (χ0v) is 17.5. The minimum Gasteiger partial charge on any atom is -0.493 e. The summed E-state index contributed by atoms with van der Waals surface area (Å²) in [7, 11) is 0. The van der Waals surface area contributed by atoms with E-state index in [1.807, 2.05) is 31.2 Å². The number of ether oxygens (including phenoxy) is 1. The first-order valence-corrected chi connectivity index (χ1v) is 10.5. The smallest absolute Gasteiger partial charge is 0.254 e. The van der Waals surface area contributed by atoms with Gasteiger partial charge in [0.05, 0.1) is 18.2 Å². The number of hydrogen-bond donors (Lipinski definition) is 0. The highest BCUT2D eigenvalue weighted by Crippen LogP contribution is 2.31. The van der Waals surface area contributed by atoms with E-state index in [4.69, 9.17) is 14.5 Å². The number of hydrogen-bond acceptors (Lipinski definition) is 6. The summed E-state index contributed by atoms with van der Waals surface area (Å²) in [5, 5.41) is 13.2. The van der Waals surface area contributed by atoms with Gasteiger partial charge in [-0.15, -0.1) is 0 Å². The van der Waals surface area contributed by atoms with Crippen LogP contribution in [-0.4, -0.2) is 34.1 Å². The maximum absolute atomic E-state index is 13.1. The fourth-order valence-corrected chi connectivity index (χ4v) is 3.79. The molecule has 0 N–H and O–H groups in total. The lowest BCUT2D eigenvalue weighted by Crippen LogP contribution is -2.38. The summed E-state index contributed by atoms with van der Waals surface area (Å²) in [5.41, 5.74) is 2.10. The van der Waals surface area contributed by atoms with Gasteiger partial charge >= 0.3 is 0 Å². The maximum Gasteiger partial charge on any atom is 0.254 e. The van der Waals surface area contributed by atoms with Crippen molar-refractivity contribution in [2.24, 2.45) is 0 Å². The van der Waals surface area contributed by atoms with E-state index in [2.05, 4.69) is 16.2 Å². The van der Waals surface area contributed by atoms with Crippen LogP contribution in [0.2, 0.25) is 0 Å². The standard InChI is InChI=1S/C24H24N4O3/c1-17-6-4-9-20(14-17)30-13-11-22-26-23(31-27-22)21-10-2-3-12-28(21)24(29)19-8-5-7-18(15-19)16-25/h4-9,14-15,21H,2-3,10-13H2,1H3. The first-order valence-electron chi connectivity index (χ1n) is 10.5. The van der Waals surface area contributed by atoms with E-state index in [1.165, 1.54) is 0 Å². The van der Waals surface area contributed by atoms with Crippen LogP contribution in [0, 0.1) is 18.3 Å². The summed E-state index contributed by atoms with van der Waals surface area (Å²) in [6.45, 7) is 3.08. The first kappa shape index (κ1) is 20.6. The van der Waals surface area contributed by atoms with E-state index < -0.39 is 0 Å². The molecule has 0 bridgehead atoms. The van der Waals surface area contributed by atoms with Crippen LogP contribution >= 0.6 is 0 Å². The molecule has 0 spiro atoms. The van der Waals surface area contributed by atoms with Crippen LogP contribution in [0.25, 0.3) is 0 Å². The third kappa shape index (κ3) is 4.92. The lowest BCUT2D eigenvalue weighted by atomic mass is 10.00. The molecule has 158 valence electrons. The van der Waals surface area contributed by atoms with Crippen LogP contribution in [0.15, 0.2) is 53.1 Å². The van der Waals surface area contributed by atoms with Gasteiger partial charge in [-0.25, -0.2) is 0 Å². The van der Waals surface area contributed by atoms with Gasteiger partial charge in [0.2, 0.25) is 5.89 Å². The van der Waals surface area contributed by atoms with Crippen LogP contribution in [-0.2, 0) is 6.42 Å². The van der Waals surface area contributed by atoms with Gasteiger partial charge in [-0.2, -0.15) is 10.2 Å². The average Bonchev–Trinajstić information content (AvgIpc) is 3.27. The lowest BCUT2D eigenvalue weighted by Gasteiger charge is -2.33. The molecule has 0 radical (unpaired) electrons. The predicted octanol–water partition coefficient (Wildman–Crippen LogP) is 4.24. The Morgan fingerprint density at radius 3 is 2.97 bits per heavy atom. The molecule has 31 heavy (non-hydrogen) atoms. The quantitative estimate of drug-likeness (QED) is 0.597. The monoisotopic (exact) mass is 416 g/mol.